The molecule has 0 heterocycles. The number of carbonyl (C=O) groups excluding carboxylic acids is 3. The zero-order chi connectivity index (χ0) is 16.2. The lowest BCUT2D eigenvalue weighted by molar-refractivity contribution is -0.115. The maximum absolute atomic E-state index is 11.7. The summed E-state index contributed by atoms with van der Waals surface area (Å²) in [5, 5.41) is 2.76. The fourth-order valence-electron chi connectivity index (χ4n) is 1.52. The monoisotopic (exact) mass is 625 g/mol. The van der Waals surface area contributed by atoms with Crippen molar-refractivity contribution in [1.29, 1.82) is 0 Å². The Bertz CT molecular complexity index is 655. The summed E-state index contributed by atoms with van der Waals surface area (Å²) in [6.45, 7) is 1.81. The number of hydrogen-bond acceptors (Lipinski definition) is 4. The predicted octanol–water partition coefficient (Wildman–Crippen LogP) is 2.78. The third kappa shape index (κ3) is 4.36. The van der Waals surface area contributed by atoms with E-state index in [2.05, 4.69) is 32.9 Å². The quantitative estimate of drug-likeness (QED) is 0.299. The zero-order valence-corrected chi connectivity index (χ0v) is 17.3. The minimum atomic E-state index is -0.594. The van der Waals surface area contributed by atoms with Crippen LogP contribution < -0.4 is 11.1 Å². The van der Waals surface area contributed by atoms with Crippen LogP contribution in [0.5, 0.6) is 0 Å². The first-order valence-corrected chi connectivity index (χ1v) is 8.91. The summed E-state index contributed by atoms with van der Waals surface area (Å²) in [5.74, 6) is -0.768. The Morgan fingerprint density at radius 3 is 2.33 bits per heavy atom. The molecule has 1 rings (SSSR count). The van der Waals surface area contributed by atoms with Crippen molar-refractivity contribution in [3.05, 3.63) is 21.8 Å². The Labute approximate surface area is 162 Å². The number of nitrogens with two attached hydrogens (primary N) is 1. The molecule has 9 heteroatoms. The molecule has 6 nitrogen and oxygen atoms in total. The van der Waals surface area contributed by atoms with Gasteiger partial charge in [0.15, 0.2) is 0 Å². The molecule has 0 aliphatic heterocycles. The summed E-state index contributed by atoms with van der Waals surface area (Å²) >= 11 is 6.03. The number of halogens is 3. The first-order chi connectivity index (χ1) is 9.84. The first-order valence-electron chi connectivity index (χ1n) is 5.67. The SMILES string of the molecule is CCC(=O)Nc1c(I)c(CN=C=O)c(I)c(C(N)=O)c1I. The summed E-state index contributed by atoms with van der Waals surface area (Å²) in [6.07, 6.45) is 1.78. The highest BCUT2D eigenvalue weighted by atomic mass is 127. The number of anilines is 1. The van der Waals surface area contributed by atoms with Crippen LogP contribution in [0.25, 0.3) is 0 Å². The molecule has 21 heavy (non-hydrogen) atoms. The number of primary amides is 1. The van der Waals surface area contributed by atoms with Crippen LogP contribution in [0.1, 0.15) is 29.3 Å². The first kappa shape index (κ1) is 18.8. The highest BCUT2D eigenvalue weighted by Crippen LogP contribution is 2.35. The van der Waals surface area contributed by atoms with E-state index in [1.807, 2.05) is 45.2 Å². The van der Waals surface area contributed by atoms with Crippen LogP contribution in [0.15, 0.2) is 4.99 Å². The third-order valence-corrected chi connectivity index (χ3v) is 6.00. The number of nitrogens with one attached hydrogen (secondary N) is 1. The number of isocyanates is 1. The van der Waals surface area contributed by atoms with Gasteiger partial charge in [-0.25, -0.2) is 9.79 Å². The summed E-state index contributed by atoms with van der Waals surface area (Å²) in [4.78, 5) is 37.2. The third-order valence-electron chi connectivity index (χ3n) is 2.54. The van der Waals surface area contributed by atoms with E-state index in [0.717, 1.165) is 3.57 Å². The van der Waals surface area contributed by atoms with E-state index in [9.17, 15) is 14.4 Å². The van der Waals surface area contributed by atoms with Crippen LogP contribution in [0.2, 0.25) is 0 Å². The highest BCUT2D eigenvalue weighted by Gasteiger charge is 2.23. The second-order valence-electron chi connectivity index (χ2n) is 3.84. The van der Waals surface area contributed by atoms with Gasteiger partial charge in [0.2, 0.25) is 12.0 Å². The average Bonchev–Trinajstić information content (AvgIpc) is 2.42. The van der Waals surface area contributed by atoms with Crippen molar-refractivity contribution in [3.63, 3.8) is 0 Å². The van der Waals surface area contributed by atoms with E-state index < -0.39 is 5.91 Å². The number of hydrogen-bond donors (Lipinski definition) is 2. The second-order valence-corrected chi connectivity index (χ2v) is 7.08. The molecule has 0 radical (unpaired) electrons. The number of aliphatic imine (C=N–C) groups is 1. The van der Waals surface area contributed by atoms with Crippen LogP contribution in [0.4, 0.5) is 5.69 Å². The molecule has 0 saturated heterocycles. The number of benzene rings is 1. The van der Waals surface area contributed by atoms with Crippen LogP contribution in [0.3, 0.4) is 0 Å². The summed E-state index contributed by atoms with van der Waals surface area (Å²) < 4.78 is 1.93. The van der Waals surface area contributed by atoms with Gasteiger partial charge in [-0.05, 0) is 67.8 Å². The van der Waals surface area contributed by atoms with Crippen molar-refractivity contribution in [2.75, 3.05) is 5.32 Å². The topological polar surface area (TPSA) is 102 Å². The van der Waals surface area contributed by atoms with Gasteiger partial charge in [0.05, 0.1) is 21.4 Å². The minimum Gasteiger partial charge on any atom is -0.366 e. The van der Waals surface area contributed by atoms with E-state index in [4.69, 9.17) is 5.73 Å². The molecule has 0 atom stereocenters. The van der Waals surface area contributed by atoms with Gasteiger partial charge >= 0.3 is 0 Å². The number of amides is 2. The van der Waals surface area contributed by atoms with E-state index in [0.29, 0.717) is 30.4 Å². The predicted molar refractivity (Wildman–Crippen MR) is 104 cm³/mol. The Balaban J connectivity index is 3.62. The van der Waals surface area contributed by atoms with Crippen LogP contribution >= 0.6 is 67.8 Å². The van der Waals surface area contributed by atoms with Crippen molar-refractivity contribution >= 4 is 91.4 Å². The highest BCUT2D eigenvalue weighted by molar-refractivity contribution is 14.1. The van der Waals surface area contributed by atoms with Gasteiger partial charge in [-0.15, -0.1) is 0 Å². The smallest absolute Gasteiger partial charge is 0.250 e. The molecular formula is C12H10I3N3O3. The van der Waals surface area contributed by atoms with Crippen molar-refractivity contribution in [2.24, 2.45) is 10.7 Å². The van der Waals surface area contributed by atoms with Crippen molar-refractivity contribution in [3.8, 4) is 0 Å². The van der Waals surface area contributed by atoms with Gasteiger partial charge in [0, 0.05) is 19.1 Å². The number of nitrogens with zero attached hydrogens (tertiary/aromatic N) is 1. The standard InChI is InChI=1S/C12H10I3N3O3/c1-2-6(20)18-11-9(14)5(3-17-4-19)8(13)7(10(11)15)12(16)21/h2-3H2,1H3,(H2,16,21)(H,18,20). The van der Waals surface area contributed by atoms with Gasteiger partial charge in [-0.3, -0.25) is 9.59 Å². The van der Waals surface area contributed by atoms with Gasteiger partial charge in [0.1, 0.15) is 0 Å². The Hall–Kier alpha value is -0.270. The maximum atomic E-state index is 11.7. The number of rotatable bonds is 5. The molecule has 1 aromatic carbocycles. The lowest BCUT2D eigenvalue weighted by Crippen LogP contribution is -2.20. The summed E-state index contributed by atoms with van der Waals surface area (Å²) in [6, 6.07) is 0. The fraction of sp³-hybridized carbons (Fsp3) is 0.250. The Morgan fingerprint density at radius 1 is 1.24 bits per heavy atom. The molecule has 3 N–H and O–H groups in total. The molecule has 0 aromatic heterocycles. The molecular weight excluding hydrogens is 615 g/mol. The second kappa shape index (κ2) is 8.39. The van der Waals surface area contributed by atoms with Gasteiger partial charge in [-0.1, -0.05) is 6.92 Å². The maximum Gasteiger partial charge on any atom is 0.250 e. The zero-order valence-electron chi connectivity index (χ0n) is 10.8. The summed E-state index contributed by atoms with van der Waals surface area (Å²) in [5.41, 5.74) is 6.93. The van der Waals surface area contributed by atoms with E-state index in [1.54, 1.807) is 6.92 Å². The van der Waals surface area contributed by atoms with E-state index >= 15 is 0 Å². The lowest BCUT2D eigenvalue weighted by Gasteiger charge is -2.17. The van der Waals surface area contributed by atoms with Crippen molar-refractivity contribution in [1.82, 2.24) is 0 Å². The van der Waals surface area contributed by atoms with Gasteiger partial charge < -0.3 is 11.1 Å². The molecule has 0 fully saturated rings. The van der Waals surface area contributed by atoms with Gasteiger partial charge in [-0.2, -0.15) is 0 Å². The molecule has 0 unspecified atom stereocenters. The van der Waals surface area contributed by atoms with Crippen LogP contribution in [0, 0.1) is 10.7 Å². The molecule has 0 aliphatic carbocycles. The van der Waals surface area contributed by atoms with E-state index in [1.165, 1.54) is 6.08 Å². The van der Waals surface area contributed by atoms with E-state index in [-0.39, 0.29) is 12.5 Å². The van der Waals surface area contributed by atoms with Crippen molar-refractivity contribution in [2.45, 2.75) is 19.9 Å². The minimum absolute atomic E-state index is 0.0756. The summed E-state index contributed by atoms with van der Waals surface area (Å²) in [7, 11) is 0. The van der Waals surface area contributed by atoms with Crippen LogP contribution in [-0.2, 0) is 16.1 Å². The fourth-order valence-corrected chi connectivity index (χ4v) is 5.83. The van der Waals surface area contributed by atoms with Crippen molar-refractivity contribution < 1.29 is 14.4 Å². The Morgan fingerprint density at radius 2 is 1.86 bits per heavy atom. The van der Waals surface area contributed by atoms with Gasteiger partial charge in [0.25, 0.3) is 5.91 Å². The van der Waals surface area contributed by atoms with Crippen LogP contribution in [-0.4, -0.2) is 17.9 Å². The largest absolute Gasteiger partial charge is 0.366 e. The molecule has 0 saturated carbocycles. The number of carbonyl (C=O) groups is 2. The molecule has 112 valence electrons. The average molecular weight is 625 g/mol. The lowest BCUT2D eigenvalue weighted by atomic mass is 10.1. The molecule has 0 bridgehead atoms. The Kier molecular flexibility index (Phi) is 7.50. The molecule has 2 amide bonds. The molecule has 0 spiro atoms. The normalized spacial score (nSPS) is 9.90. The molecule has 0 aliphatic rings. The molecule has 1 aromatic rings.